The smallest absolute Gasteiger partial charge is 0.420 e. The predicted octanol–water partition coefficient (Wildman–Crippen LogP) is 5.89. The first kappa shape index (κ1) is 26.5. The fraction of sp³-hybridized carbons (Fsp3) is 0.381. The summed E-state index contributed by atoms with van der Waals surface area (Å²) in [6.07, 6.45) is -5.06. The van der Waals surface area contributed by atoms with Crippen LogP contribution >= 0.6 is 7.60 Å². The highest BCUT2D eigenvalue weighted by Crippen LogP contribution is 2.48. The van der Waals surface area contributed by atoms with E-state index in [1.54, 1.807) is 20.8 Å². The van der Waals surface area contributed by atoms with Gasteiger partial charge in [-0.1, -0.05) is 0 Å². The molecule has 12 heteroatoms. The summed E-state index contributed by atoms with van der Waals surface area (Å²) in [7, 11) is -3.53. The van der Waals surface area contributed by atoms with E-state index in [4.69, 9.17) is 24.3 Å². The molecule has 0 aliphatic rings. The van der Waals surface area contributed by atoms with Crippen LogP contribution in [0.3, 0.4) is 0 Å². The first-order chi connectivity index (χ1) is 15.5. The Bertz CT molecular complexity index is 989. The topological polar surface area (TPSA) is 109 Å². The van der Waals surface area contributed by atoms with E-state index in [1.165, 1.54) is 24.3 Å². The molecule has 2 aromatic carbocycles. The molecule has 33 heavy (non-hydrogen) atoms. The van der Waals surface area contributed by atoms with Gasteiger partial charge in [-0.05, 0) is 51.1 Å². The summed E-state index contributed by atoms with van der Waals surface area (Å²) in [5, 5.41) is 2.72. The molecular weight excluding hydrogens is 464 g/mol. The molecule has 0 fully saturated rings. The van der Waals surface area contributed by atoms with Gasteiger partial charge in [0.2, 0.25) is 0 Å². The minimum absolute atomic E-state index is 0.0542. The highest BCUT2D eigenvalue weighted by Gasteiger charge is 2.36. The molecule has 0 amide bonds. The lowest BCUT2D eigenvalue weighted by molar-refractivity contribution is -0.138. The third kappa shape index (κ3) is 7.38. The van der Waals surface area contributed by atoms with Gasteiger partial charge in [-0.3, -0.25) is 4.57 Å². The minimum Gasteiger partial charge on any atom is -0.462 e. The zero-order valence-corrected chi connectivity index (χ0v) is 19.3. The maximum absolute atomic E-state index is 13.6. The molecule has 2 rings (SSSR count). The van der Waals surface area contributed by atoms with Crippen LogP contribution in [0.25, 0.3) is 0 Å². The zero-order chi connectivity index (χ0) is 24.6. The molecule has 182 valence electrons. The molecule has 0 aliphatic carbocycles. The lowest BCUT2D eigenvalue weighted by atomic mass is 10.1. The Morgan fingerprint density at radius 1 is 1.03 bits per heavy atom. The van der Waals surface area contributed by atoms with Crippen LogP contribution in [0.1, 0.15) is 36.7 Å². The van der Waals surface area contributed by atoms with E-state index < -0.39 is 31.1 Å². The van der Waals surface area contributed by atoms with Gasteiger partial charge in [-0.15, -0.1) is 0 Å². The molecule has 3 N–H and O–H groups in total. The van der Waals surface area contributed by atoms with Crippen molar-refractivity contribution in [2.75, 3.05) is 37.2 Å². The molecule has 0 aromatic heterocycles. The van der Waals surface area contributed by atoms with E-state index >= 15 is 0 Å². The second kappa shape index (κ2) is 11.4. The van der Waals surface area contributed by atoms with Crippen LogP contribution in [0.2, 0.25) is 0 Å². The van der Waals surface area contributed by atoms with E-state index in [2.05, 4.69) is 5.32 Å². The van der Waals surface area contributed by atoms with Gasteiger partial charge in [0, 0.05) is 6.07 Å². The van der Waals surface area contributed by atoms with Crippen molar-refractivity contribution in [3.63, 3.8) is 0 Å². The van der Waals surface area contributed by atoms with E-state index in [1.807, 2.05) is 0 Å². The van der Waals surface area contributed by atoms with Gasteiger partial charge in [0.25, 0.3) is 0 Å². The number of anilines is 2. The van der Waals surface area contributed by atoms with Crippen LogP contribution in [0, 0.1) is 0 Å². The highest BCUT2D eigenvalue weighted by atomic mass is 31.2. The standard InChI is InChI=1S/C21H26F3N2O6P/c1-4-29-20(27)14-7-9-15(10-8-14)32-19-12-18(17(25)11-16(19)21(22,23)24)26-13-33(28,30-5-2)31-6-3/h7-12,26H,4-6,13,25H2,1-3H3. The zero-order valence-electron chi connectivity index (χ0n) is 18.4. The van der Waals surface area contributed by atoms with Crippen LogP contribution < -0.4 is 15.8 Å². The average molecular weight is 490 g/mol. The minimum atomic E-state index is -4.75. The highest BCUT2D eigenvalue weighted by molar-refractivity contribution is 7.53. The van der Waals surface area contributed by atoms with Crippen molar-refractivity contribution in [1.29, 1.82) is 0 Å². The Balaban J connectivity index is 2.34. The summed E-state index contributed by atoms with van der Waals surface area (Å²) >= 11 is 0. The molecule has 0 aliphatic heterocycles. The molecule has 0 unspecified atom stereocenters. The number of alkyl halides is 3. The largest absolute Gasteiger partial charge is 0.462 e. The molecular formula is C21H26F3N2O6P. The van der Waals surface area contributed by atoms with Gasteiger partial charge in [-0.2, -0.15) is 13.2 Å². The lowest BCUT2D eigenvalue weighted by Gasteiger charge is -2.21. The number of hydrogen-bond acceptors (Lipinski definition) is 8. The van der Waals surface area contributed by atoms with Gasteiger partial charge < -0.3 is 29.6 Å². The van der Waals surface area contributed by atoms with Crippen LogP contribution in [0.5, 0.6) is 11.5 Å². The van der Waals surface area contributed by atoms with E-state index in [0.717, 1.165) is 12.1 Å². The van der Waals surface area contributed by atoms with Gasteiger partial charge in [0.15, 0.2) is 0 Å². The van der Waals surface area contributed by atoms with Gasteiger partial charge in [0.1, 0.15) is 23.3 Å². The molecule has 0 saturated heterocycles. The Hall–Kier alpha value is -2.75. The number of hydrogen-bond donors (Lipinski definition) is 2. The number of carbonyl (C=O) groups excluding carboxylic acids is 1. The van der Waals surface area contributed by atoms with Crippen LogP contribution in [0.4, 0.5) is 24.5 Å². The summed E-state index contributed by atoms with van der Waals surface area (Å²) in [5.74, 6) is -1.05. The number of ether oxygens (including phenoxy) is 2. The summed E-state index contributed by atoms with van der Waals surface area (Å²) in [5.41, 5.74) is 4.75. The number of carbonyl (C=O) groups is 1. The van der Waals surface area contributed by atoms with E-state index in [-0.39, 0.29) is 48.8 Å². The fourth-order valence-electron chi connectivity index (χ4n) is 2.76. The number of benzene rings is 2. The molecule has 0 spiro atoms. The molecule has 0 heterocycles. The quantitative estimate of drug-likeness (QED) is 0.228. The van der Waals surface area contributed by atoms with Crippen molar-refractivity contribution in [2.24, 2.45) is 0 Å². The van der Waals surface area contributed by atoms with Crippen molar-refractivity contribution in [2.45, 2.75) is 26.9 Å². The number of halogens is 3. The Kier molecular flexibility index (Phi) is 9.16. The van der Waals surface area contributed by atoms with E-state index in [9.17, 15) is 22.5 Å². The summed E-state index contributed by atoms with van der Waals surface area (Å²) in [6.45, 7) is 5.36. The van der Waals surface area contributed by atoms with Crippen molar-refractivity contribution in [1.82, 2.24) is 0 Å². The van der Waals surface area contributed by atoms with E-state index in [0.29, 0.717) is 0 Å². The van der Waals surface area contributed by atoms with Crippen LogP contribution in [-0.2, 0) is 24.5 Å². The predicted molar refractivity (Wildman–Crippen MR) is 118 cm³/mol. The molecule has 2 aromatic rings. The molecule has 0 saturated carbocycles. The summed E-state index contributed by atoms with van der Waals surface area (Å²) in [6, 6.07) is 7.20. The van der Waals surface area contributed by atoms with Crippen molar-refractivity contribution in [3.05, 3.63) is 47.5 Å². The summed E-state index contributed by atoms with van der Waals surface area (Å²) < 4.78 is 74.1. The monoisotopic (exact) mass is 490 g/mol. The second-order valence-electron chi connectivity index (χ2n) is 6.56. The van der Waals surface area contributed by atoms with Crippen molar-refractivity contribution < 1.29 is 41.1 Å². The lowest BCUT2D eigenvalue weighted by Crippen LogP contribution is -2.12. The van der Waals surface area contributed by atoms with Crippen molar-refractivity contribution in [3.8, 4) is 11.5 Å². The number of nitrogens with two attached hydrogens (primary N) is 1. The SMILES string of the molecule is CCOC(=O)c1ccc(Oc2cc(NCP(=O)(OCC)OCC)c(N)cc2C(F)(F)F)cc1. The van der Waals surface area contributed by atoms with Crippen molar-refractivity contribution >= 4 is 24.9 Å². The Morgan fingerprint density at radius 3 is 2.15 bits per heavy atom. The number of nitrogen functional groups attached to an aromatic ring is 1. The number of nitrogens with one attached hydrogen (secondary N) is 1. The molecule has 8 nitrogen and oxygen atoms in total. The Labute approximate surface area is 189 Å². The fourth-order valence-corrected chi connectivity index (χ4v) is 4.17. The molecule has 0 atom stereocenters. The first-order valence-corrected chi connectivity index (χ1v) is 11.8. The van der Waals surface area contributed by atoms with Gasteiger partial charge in [0.05, 0.1) is 36.8 Å². The van der Waals surface area contributed by atoms with Gasteiger partial charge >= 0.3 is 19.7 Å². The summed E-state index contributed by atoms with van der Waals surface area (Å²) in [4.78, 5) is 11.8. The first-order valence-electron chi connectivity index (χ1n) is 10.1. The van der Waals surface area contributed by atoms with Crippen LogP contribution in [-0.4, -0.2) is 32.1 Å². The normalized spacial score (nSPS) is 11.8. The third-order valence-corrected chi connectivity index (χ3v) is 6.01. The van der Waals surface area contributed by atoms with Gasteiger partial charge in [-0.25, -0.2) is 4.79 Å². The second-order valence-corrected chi connectivity index (χ2v) is 8.62. The Morgan fingerprint density at radius 2 is 1.64 bits per heavy atom. The number of esters is 1. The molecule has 0 bridgehead atoms. The average Bonchev–Trinajstić information content (AvgIpc) is 2.74. The molecule has 0 radical (unpaired) electrons. The number of rotatable bonds is 11. The maximum Gasteiger partial charge on any atom is 0.420 e. The van der Waals surface area contributed by atoms with Crippen LogP contribution in [0.15, 0.2) is 36.4 Å². The maximum atomic E-state index is 13.6. The third-order valence-electron chi connectivity index (χ3n) is 4.17.